The average molecular weight is 505 g/mol. The molecule has 8 nitrogen and oxygen atoms in total. The topological polar surface area (TPSA) is 103 Å². The van der Waals surface area contributed by atoms with Crippen molar-refractivity contribution in [2.75, 3.05) is 11.9 Å². The average Bonchev–Trinajstić information content (AvgIpc) is 2.89. The third kappa shape index (κ3) is 8.38. The number of carbonyl (C=O) groups excluding carboxylic acids is 3. The van der Waals surface area contributed by atoms with Crippen LogP contribution in [0.1, 0.15) is 55.1 Å². The normalized spacial score (nSPS) is 11.4. The Kier molecular flexibility index (Phi) is 9.66. The highest BCUT2D eigenvalue weighted by molar-refractivity contribution is 5.95. The molecule has 3 rings (SSSR count). The molecule has 3 aromatic rings. The number of nitrogens with one attached hydrogen (secondary N) is 2. The van der Waals surface area contributed by atoms with Crippen LogP contribution < -0.4 is 20.1 Å². The van der Waals surface area contributed by atoms with E-state index in [1.165, 1.54) is 17.7 Å². The van der Waals surface area contributed by atoms with Crippen LogP contribution in [-0.4, -0.2) is 30.7 Å². The molecule has 1 unspecified atom stereocenters. The largest absolute Gasteiger partial charge is 0.513 e. The maximum atomic E-state index is 12.5. The molecule has 0 heterocycles. The van der Waals surface area contributed by atoms with Crippen molar-refractivity contribution in [3.05, 3.63) is 89.5 Å². The van der Waals surface area contributed by atoms with Gasteiger partial charge in [-0.15, -0.1) is 0 Å². The summed E-state index contributed by atoms with van der Waals surface area (Å²) in [7, 11) is 0. The van der Waals surface area contributed by atoms with Crippen LogP contribution in [0, 0.1) is 0 Å². The molecule has 0 bridgehead atoms. The van der Waals surface area contributed by atoms with E-state index in [9.17, 15) is 14.4 Å². The van der Waals surface area contributed by atoms with Crippen LogP contribution in [0.4, 0.5) is 10.5 Å². The predicted molar refractivity (Wildman–Crippen MR) is 141 cm³/mol. The molecule has 194 valence electrons. The molecule has 2 N–H and O–H groups in total. The van der Waals surface area contributed by atoms with Gasteiger partial charge < -0.3 is 24.8 Å². The van der Waals surface area contributed by atoms with Crippen LogP contribution in [0.25, 0.3) is 0 Å². The van der Waals surface area contributed by atoms with E-state index >= 15 is 0 Å². The van der Waals surface area contributed by atoms with Crippen LogP contribution >= 0.6 is 0 Å². The molecular weight excluding hydrogens is 472 g/mol. The Balaban J connectivity index is 1.46. The van der Waals surface area contributed by atoms with E-state index in [2.05, 4.69) is 24.5 Å². The summed E-state index contributed by atoms with van der Waals surface area (Å²) in [5.41, 5.74) is 3.12. The third-order valence-corrected chi connectivity index (χ3v) is 5.48. The van der Waals surface area contributed by atoms with Gasteiger partial charge in [0.1, 0.15) is 11.5 Å². The Morgan fingerprint density at radius 2 is 1.43 bits per heavy atom. The van der Waals surface area contributed by atoms with E-state index in [0.29, 0.717) is 29.5 Å². The lowest BCUT2D eigenvalue weighted by Crippen LogP contribution is -2.30. The van der Waals surface area contributed by atoms with Crippen molar-refractivity contribution in [2.24, 2.45) is 0 Å². The van der Waals surface area contributed by atoms with Gasteiger partial charge in [0, 0.05) is 17.8 Å². The van der Waals surface area contributed by atoms with Crippen molar-refractivity contribution in [3.8, 4) is 11.5 Å². The molecule has 0 aliphatic heterocycles. The van der Waals surface area contributed by atoms with Crippen molar-refractivity contribution < 1.29 is 28.6 Å². The van der Waals surface area contributed by atoms with Crippen LogP contribution in [0.2, 0.25) is 0 Å². The number of amides is 2. The number of rotatable bonds is 10. The van der Waals surface area contributed by atoms with Gasteiger partial charge in [-0.3, -0.25) is 9.59 Å². The molecule has 0 fully saturated rings. The zero-order chi connectivity index (χ0) is 26.8. The van der Waals surface area contributed by atoms with Crippen molar-refractivity contribution in [2.45, 2.75) is 46.3 Å². The molecule has 2 amide bonds. The second-order valence-corrected chi connectivity index (χ2v) is 8.66. The summed E-state index contributed by atoms with van der Waals surface area (Å²) < 4.78 is 15.5. The van der Waals surface area contributed by atoms with Crippen LogP contribution in [0.5, 0.6) is 11.5 Å². The van der Waals surface area contributed by atoms with Crippen molar-refractivity contribution in [1.82, 2.24) is 5.32 Å². The number of hydrogen-bond donors (Lipinski definition) is 2. The zero-order valence-corrected chi connectivity index (χ0v) is 21.4. The summed E-state index contributed by atoms with van der Waals surface area (Å²) in [5.74, 6) is 0.823. The predicted octanol–water partition coefficient (Wildman–Crippen LogP) is 5.68. The first-order valence-corrected chi connectivity index (χ1v) is 12.1. The van der Waals surface area contributed by atoms with E-state index in [1.54, 1.807) is 38.1 Å². The summed E-state index contributed by atoms with van der Waals surface area (Å²) in [6, 6.07) is 21.1. The monoisotopic (exact) mass is 504 g/mol. The SMILES string of the molecule is CCOC(=O)Oc1ccc(C(=O)NCc2ccc(NC(=O)C(C)Oc3ccc(C(C)C)cc3)cc2)cc1. The Morgan fingerprint density at radius 3 is 2.03 bits per heavy atom. The molecule has 0 aliphatic rings. The third-order valence-electron chi connectivity index (χ3n) is 5.48. The van der Waals surface area contributed by atoms with Crippen LogP contribution in [0.15, 0.2) is 72.8 Å². The lowest BCUT2D eigenvalue weighted by Gasteiger charge is -2.16. The van der Waals surface area contributed by atoms with Gasteiger partial charge in [-0.1, -0.05) is 38.1 Å². The van der Waals surface area contributed by atoms with Gasteiger partial charge in [0.2, 0.25) is 0 Å². The Morgan fingerprint density at radius 1 is 0.811 bits per heavy atom. The van der Waals surface area contributed by atoms with Crippen LogP contribution in [-0.2, 0) is 16.1 Å². The minimum Gasteiger partial charge on any atom is -0.481 e. The molecule has 37 heavy (non-hydrogen) atoms. The maximum absolute atomic E-state index is 12.5. The number of ether oxygens (including phenoxy) is 3. The minimum atomic E-state index is -0.794. The number of carbonyl (C=O) groups is 3. The molecule has 0 radical (unpaired) electrons. The van der Waals surface area contributed by atoms with E-state index < -0.39 is 12.3 Å². The fourth-order valence-electron chi connectivity index (χ4n) is 3.34. The zero-order valence-electron chi connectivity index (χ0n) is 21.4. The Hall–Kier alpha value is -4.33. The maximum Gasteiger partial charge on any atom is 0.513 e. The Labute approximate surface area is 216 Å². The van der Waals surface area contributed by atoms with Gasteiger partial charge in [0.25, 0.3) is 11.8 Å². The minimum absolute atomic E-state index is 0.216. The van der Waals surface area contributed by atoms with Crippen molar-refractivity contribution in [3.63, 3.8) is 0 Å². The fourth-order valence-corrected chi connectivity index (χ4v) is 3.34. The molecule has 0 saturated heterocycles. The highest BCUT2D eigenvalue weighted by Crippen LogP contribution is 2.20. The van der Waals surface area contributed by atoms with Gasteiger partial charge in [-0.25, -0.2) is 4.79 Å². The molecule has 0 aliphatic carbocycles. The number of anilines is 1. The van der Waals surface area contributed by atoms with Gasteiger partial charge >= 0.3 is 6.16 Å². The molecule has 3 aromatic carbocycles. The Bertz CT molecular complexity index is 1190. The first kappa shape index (κ1) is 27.3. The van der Waals surface area contributed by atoms with Gasteiger partial charge in [-0.05, 0) is 79.4 Å². The fraction of sp³-hybridized carbons (Fsp3) is 0.276. The molecule has 0 spiro atoms. The summed E-state index contributed by atoms with van der Waals surface area (Å²) in [5, 5.41) is 5.67. The van der Waals surface area contributed by atoms with Crippen LogP contribution in [0.3, 0.4) is 0 Å². The first-order valence-electron chi connectivity index (χ1n) is 12.1. The smallest absolute Gasteiger partial charge is 0.481 e. The quantitative estimate of drug-likeness (QED) is 0.272. The van der Waals surface area contributed by atoms with Crippen molar-refractivity contribution >= 4 is 23.7 Å². The highest BCUT2D eigenvalue weighted by Gasteiger charge is 2.15. The van der Waals surface area contributed by atoms with E-state index in [-0.39, 0.29) is 24.2 Å². The molecule has 8 heteroatoms. The second kappa shape index (κ2) is 13.1. The van der Waals surface area contributed by atoms with Gasteiger partial charge in [-0.2, -0.15) is 0 Å². The molecular formula is C29H32N2O6. The van der Waals surface area contributed by atoms with E-state index in [0.717, 1.165) is 5.56 Å². The molecule has 0 aromatic heterocycles. The van der Waals surface area contributed by atoms with Crippen molar-refractivity contribution in [1.29, 1.82) is 0 Å². The number of hydrogen-bond acceptors (Lipinski definition) is 6. The summed E-state index contributed by atoms with van der Waals surface area (Å²) >= 11 is 0. The first-order chi connectivity index (χ1) is 17.7. The van der Waals surface area contributed by atoms with Gasteiger partial charge in [0.05, 0.1) is 6.61 Å². The summed E-state index contributed by atoms with van der Waals surface area (Å²) in [4.78, 5) is 36.3. The lowest BCUT2D eigenvalue weighted by atomic mass is 10.0. The lowest BCUT2D eigenvalue weighted by molar-refractivity contribution is -0.122. The summed E-state index contributed by atoms with van der Waals surface area (Å²) in [6.45, 7) is 8.15. The van der Waals surface area contributed by atoms with E-state index in [1.807, 2.05) is 36.4 Å². The number of benzene rings is 3. The van der Waals surface area contributed by atoms with Gasteiger partial charge in [0.15, 0.2) is 6.10 Å². The molecule has 1 atom stereocenters. The second-order valence-electron chi connectivity index (χ2n) is 8.66. The standard InChI is InChI=1S/C29H32N2O6/c1-5-35-29(34)37-26-16-10-23(11-17-26)28(33)30-18-21-6-12-24(13-7-21)31-27(32)20(4)36-25-14-8-22(9-15-25)19(2)3/h6-17,19-20H,5,18H2,1-4H3,(H,30,33)(H,31,32). The summed E-state index contributed by atoms with van der Waals surface area (Å²) in [6.07, 6.45) is -1.46. The van der Waals surface area contributed by atoms with E-state index in [4.69, 9.17) is 14.2 Å². The highest BCUT2D eigenvalue weighted by atomic mass is 16.7. The molecule has 0 saturated carbocycles.